The normalized spacial score (nSPS) is 14.1. The summed E-state index contributed by atoms with van der Waals surface area (Å²) >= 11 is 1.66. The van der Waals surface area contributed by atoms with Crippen LogP contribution < -0.4 is 5.73 Å². The standard InChI is InChI=1S/C9H16N4S/c1-7(8-11-4-5-14-8)6-12-9(10)13(2)3/h4-5,7H,6H2,1-3H3,(H2,10,12). The molecule has 1 rings (SSSR count). The monoisotopic (exact) mass is 212 g/mol. The van der Waals surface area contributed by atoms with Crippen molar-refractivity contribution in [1.29, 1.82) is 0 Å². The summed E-state index contributed by atoms with van der Waals surface area (Å²) < 4.78 is 0. The summed E-state index contributed by atoms with van der Waals surface area (Å²) in [5.41, 5.74) is 5.68. The first kappa shape index (κ1) is 11.0. The molecule has 4 nitrogen and oxygen atoms in total. The molecule has 0 spiro atoms. The van der Waals surface area contributed by atoms with Crippen molar-refractivity contribution in [3.05, 3.63) is 16.6 Å². The molecule has 1 unspecified atom stereocenters. The predicted molar refractivity (Wildman–Crippen MR) is 60.7 cm³/mol. The molecular weight excluding hydrogens is 196 g/mol. The van der Waals surface area contributed by atoms with E-state index in [1.165, 1.54) is 0 Å². The van der Waals surface area contributed by atoms with E-state index in [-0.39, 0.29) is 0 Å². The molecule has 5 heteroatoms. The Morgan fingerprint density at radius 3 is 2.93 bits per heavy atom. The maximum absolute atomic E-state index is 5.68. The van der Waals surface area contributed by atoms with Crippen LogP contribution in [0.2, 0.25) is 0 Å². The Morgan fingerprint density at radius 1 is 1.71 bits per heavy atom. The van der Waals surface area contributed by atoms with Gasteiger partial charge >= 0.3 is 0 Å². The van der Waals surface area contributed by atoms with Gasteiger partial charge in [-0.25, -0.2) is 4.98 Å². The van der Waals surface area contributed by atoms with Crippen LogP contribution in [0.3, 0.4) is 0 Å². The quantitative estimate of drug-likeness (QED) is 0.603. The molecule has 2 N–H and O–H groups in total. The van der Waals surface area contributed by atoms with Crippen molar-refractivity contribution < 1.29 is 0 Å². The number of nitrogens with two attached hydrogens (primary N) is 1. The molecule has 0 aliphatic carbocycles. The van der Waals surface area contributed by atoms with Gasteiger partial charge in [0.25, 0.3) is 0 Å². The van der Waals surface area contributed by atoms with Crippen molar-refractivity contribution in [2.45, 2.75) is 12.8 Å². The van der Waals surface area contributed by atoms with E-state index in [0.29, 0.717) is 18.4 Å². The van der Waals surface area contributed by atoms with Crippen LogP contribution in [0.15, 0.2) is 16.6 Å². The van der Waals surface area contributed by atoms with Gasteiger partial charge in [0.2, 0.25) is 0 Å². The molecule has 14 heavy (non-hydrogen) atoms. The number of nitrogens with zero attached hydrogens (tertiary/aromatic N) is 3. The zero-order valence-electron chi connectivity index (χ0n) is 8.77. The number of hydrogen-bond donors (Lipinski definition) is 1. The number of rotatable bonds is 3. The highest BCUT2D eigenvalue weighted by Gasteiger charge is 2.07. The van der Waals surface area contributed by atoms with E-state index in [1.807, 2.05) is 25.7 Å². The smallest absolute Gasteiger partial charge is 0.190 e. The number of aromatic nitrogens is 1. The molecule has 1 aromatic rings. The number of aliphatic imine (C=N–C) groups is 1. The first-order valence-corrected chi connectivity index (χ1v) is 5.36. The Labute approximate surface area is 88.5 Å². The zero-order valence-corrected chi connectivity index (χ0v) is 9.58. The summed E-state index contributed by atoms with van der Waals surface area (Å²) in [6, 6.07) is 0. The maximum Gasteiger partial charge on any atom is 0.190 e. The average Bonchev–Trinajstić information content (AvgIpc) is 2.66. The van der Waals surface area contributed by atoms with Gasteiger partial charge in [0, 0.05) is 31.6 Å². The Bertz CT molecular complexity index is 292. The molecule has 1 aromatic heterocycles. The first-order valence-electron chi connectivity index (χ1n) is 4.48. The summed E-state index contributed by atoms with van der Waals surface area (Å²) in [5, 5.41) is 3.09. The van der Waals surface area contributed by atoms with Crippen molar-refractivity contribution in [2.75, 3.05) is 20.6 Å². The van der Waals surface area contributed by atoms with Crippen LogP contribution in [0, 0.1) is 0 Å². The number of guanidine groups is 1. The van der Waals surface area contributed by atoms with Crippen LogP contribution >= 0.6 is 11.3 Å². The summed E-state index contributed by atoms with van der Waals surface area (Å²) in [6.07, 6.45) is 1.81. The van der Waals surface area contributed by atoms with Crippen molar-refractivity contribution in [3.63, 3.8) is 0 Å². The fraction of sp³-hybridized carbons (Fsp3) is 0.556. The fourth-order valence-electron chi connectivity index (χ4n) is 0.928. The van der Waals surface area contributed by atoms with E-state index in [9.17, 15) is 0 Å². The lowest BCUT2D eigenvalue weighted by molar-refractivity contribution is 0.605. The molecule has 0 fully saturated rings. The largest absolute Gasteiger partial charge is 0.370 e. The molecule has 1 heterocycles. The van der Waals surface area contributed by atoms with Crippen molar-refractivity contribution >= 4 is 17.3 Å². The van der Waals surface area contributed by atoms with E-state index in [0.717, 1.165) is 5.01 Å². The van der Waals surface area contributed by atoms with Crippen molar-refractivity contribution in [2.24, 2.45) is 10.7 Å². The summed E-state index contributed by atoms with van der Waals surface area (Å²) in [4.78, 5) is 10.3. The highest BCUT2D eigenvalue weighted by molar-refractivity contribution is 7.09. The van der Waals surface area contributed by atoms with E-state index < -0.39 is 0 Å². The highest BCUT2D eigenvalue weighted by Crippen LogP contribution is 2.17. The van der Waals surface area contributed by atoms with Gasteiger partial charge in [0.05, 0.1) is 11.6 Å². The average molecular weight is 212 g/mol. The van der Waals surface area contributed by atoms with E-state index >= 15 is 0 Å². The molecular formula is C9H16N4S. The molecule has 78 valence electrons. The van der Waals surface area contributed by atoms with Gasteiger partial charge in [-0.15, -0.1) is 11.3 Å². The lowest BCUT2D eigenvalue weighted by Crippen LogP contribution is -2.30. The molecule has 1 atom stereocenters. The summed E-state index contributed by atoms with van der Waals surface area (Å²) in [7, 11) is 3.76. The third-order valence-electron chi connectivity index (χ3n) is 1.86. The second kappa shape index (κ2) is 4.95. The molecule has 0 radical (unpaired) electrons. The second-order valence-corrected chi connectivity index (χ2v) is 4.29. The minimum atomic E-state index is 0.341. The van der Waals surface area contributed by atoms with Crippen LogP contribution in [0.4, 0.5) is 0 Å². The van der Waals surface area contributed by atoms with Crippen LogP contribution in [-0.4, -0.2) is 36.5 Å². The van der Waals surface area contributed by atoms with Crippen LogP contribution in [0.1, 0.15) is 17.8 Å². The summed E-state index contributed by atoms with van der Waals surface area (Å²) in [5.74, 6) is 0.905. The van der Waals surface area contributed by atoms with Gasteiger partial charge in [0.15, 0.2) is 5.96 Å². The lowest BCUT2D eigenvalue weighted by atomic mass is 10.2. The lowest BCUT2D eigenvalue weighted by Gasteiger charge is -2.11. The first-order chi connectivity index (χ1) is 6.61. The molecule has 0 aromatic carbocycles. The van der Waals surface area contributed by atoms with Crippen LogP contribution in [-0.2, 0) is 0 Å². The molecule has 0 saturated carbocycles. The molecule has 0 aliphatic rings. The topological polar surface area (TPSA) is 54.5 Å². The second-order valence-electron chi connectivity index (χ2n) is 3.36. The Morgan fingerprint density at radius 2 is 2.43 bits per heavy atom. The predicted octanol–water partition coefficient (Wildman–Crippen LogP) is 1.12. The van der Waals surface area contributed by atoms with Gasteiger partial charge in [-0.2, -0.15) is 0 Å². The van der Waals surface area contributed by atoms with Crippen molar-refractivity contribution in [3.8, 4) is 0 Å². The highest BCUT2D eigenvalue weighted by atomic mass is 32.1. The van der Waals surface area contributed by atoms with E-state index in [1.54, 1.807) is 16.2 Å². The van der Waals surface area contributed by atoms with E-state index in [2.05, 4.69) is 16.9 Å². The van der Waals surface area contributed by atoms with Gasteiger partial charge < -0.3 is 10.6 Å². The summed E-state index contributed by atoms with van der Waals surface area (Å²) in [6.45, 7) is 2.79. The molecule has 0 amide bonds. The Kier molecular flexibility index (Phi) is 3.88. The Balaban J connectivity index is 2.50. The van der Waals surface area contributed by atoms with Gasteiger partial charge in [-0.05, 0) is 0 Å². The molecule has 0 aliphatic heterocycles. The number of hydrogen-bond acceptors (Lipinski definition) is 3. The third kappa shape index (κ3) is 2.99. The van der Waals surface area contributed by atoms with Gasteiger partial charge in [-0.3, -0.25) is 4.99 Å². The molecule has 0 saturated heterocycles. The van der Waals surface area contributed by atoms with Crippen molar-refractivity contribution in [1.82, 2.24) is 9.88 Å². The number of thiazole rings is 1. The zero-order chi connectivity index (χ0) is 10.6. The fourth-order valence-corrected chi connectivity index (χ4v) is 1.62. The maximum atomic E-state index is 5.68. The van der Waals surface area contributed by atoms with E-state index in [4.69, 9.17) is 5.73 Å². The van der Waals surface area contributed by atoms with Crippen LogP contribution in [0.5, 0.6) is 0 Å². The van der Waals surface area contributed by atoms with Crippen LogP contribution in [0.25, 0.3) is 0 Å². The minimum Gasteiger partial charge on any atom is -0.370 e. The Hall–Kier alpha value is -1.10. The van der Waals surface area contributed by atoms with Gasteiger partial charge in [-0.1, -0.05) is 6.92 Å². The third-order valence-corrected chi connectivity index (χ3v) is 2.87. The minimum absolute atomic E-state index is 0.341. The SMILES string of the molecule is CC(CN=C(N)N(C)C)c1nccs1. The van der Waals surface area contributed by atoms with Gasteiger partial charge in [0.1, 0.15) is 0 Å². The molecule has 0 bridgehead atoms.